The van der Waals surface area contributed by atoms with Crippen LogP contribution >= 0.6 is 0 Å². The summed E-state index contributed by atoms with van der Waals surface area (Å²) in [7, 11) is 3.88. The summed E-state index contributed by atoms with van der Waals surface area (Å²) in [4.78, 5) is 68.1. The lowest BCUT2D eigenvalue weighted by Crippen LogP contribution is -2.43. The maximum atomic E-state index is 13.5. The molecule has 0 saturated heterocycles. The van der Waals surface area contributed by atoms with Crippen LogP contribution in [-0.2, 0) is 40.0 Å². The molecule has 2 aromatic carbocycles. The van der Waals surface area contributed by atoms with Crippen LogP contribution in [0, 0.1) is 0 Å². The van der Waals surface area contributed by atoms with Crippen molar-refractivity contribution in [1.29, 1.82) is 0 Å². The lowest BCUT2D eigenvalue weighted by molar-refractivity contribution is -0.146. The Bertz CT molecular complexity index is 1750. The summed E-state index contributed by atoms with van der Waals surface area (Å²) in [6.07, 6.45) is 3.31. The number of aromatic amines is 1. The number of ether oxygens (including phenoxy) is 2. The number of nitrogens with one attached hydrogen (secondary N) is 2. The molecule has 0 fully saturated rings. The van der Waals surface area contributed by atoms with Gasteiger partial charge in [0.1, 0.15) is 12.6 Å². The number of carbonyl (C=O) groups is 5. The Balaban J connectivity index is 1.54. The van der Waals surface area contributed by atoms with Crippen LogP contribution < -0.4 is 5.32 Å². The van der Waals surface area contributed by atoms with Gasteiger partial charge in [0.2, 0.25) is 5.91 Å². The molecule has 0 radical (unpaired) electrons. The highest BCUT2D eigenvalue weighted by Gasteiger charge is 2.39. The number of benzene rings is 2. The van der Waals surface area contributed by atoms with Crippen molar-refractivity contribution in [3.8, 4) is 0 Å². The zero-order valence-electron chi connectivity index (χ0n) is 22.7. The van der Waals surface area contributed by atoms with Crippen molar-refractivity contribution < 1.29 is 33.4 Å². The minimum absolute atomic E-state index is 0.00653. The number of aromatic nitrogens is 2. The van der Waals surface area contributed by atoms with Crippen molar-refractivity contribution >= 4 is 62.6 Å². The quantitative estimate of drug-likeness (QED) is 0.239. The number of nitrogens with zero attached hydrogens (tertiary/aromatic N) is 2. The molecule has 0 spiro atoms. The van der Waals surface area contributed by atoms with Gasteiger partial charge in [0.25, 0.3) is 11.8 Å². The highest BCUT2D eigenvalue weighted by atomic mass is 16.5. The van der Waals surface area contributed by atoms with Crippen molar-refractivity contribution in [2.75, 3.05) is 21.3 Å². The summed E-state index contributed by atoms with van der Waals surface area (Å²) in [6.45, 7) is -0.195. The van der Waals surface area contributed by atoms with Crippen LogP contribution in [0.4, 0.5) is 0 Å². The number of likely N-dealkylation sites (N-methyl/N-ethyl adjacent to an activating group) is 1. The number of carbonyl (C=O) groups excluding carboxylic acids is 5. The van der Waals surface area contributed by atoms with Crippen LogP contribution in [0.2, 0.25) is 0 Å². The van der Waals surface area contributed by atoms with Crippen molar-refractivity contribution in [3.63, 3.8) is 0 Å². The lowest BCUT2D eigenvalue weighted by Gasteiger charge is -2.16. The number of methoxy groups -OCH3 is 2. The molecule has 0 saturated carbocycles. The van der Waals surface area contributed by atoms with Crippen LogP contribution in [0.3, 0.4) is 0 Å². The van der Waals surface area contributed by atoms with E-state index in [-0.39, 0.29) is 30.5 Å². The largest absolute Gasteiger partial charge is 0.469 e. The number of hydrogen-bond donors (Lipinski definition) is 2. The molecule has 5 rings (SSSR count). The summed E-state index contributed by atoms with van der Waals surface area (Å²) < 4.78 is 11.1. The molecule has 3 heterocycles. The third-order valence-corrected chi connectivity index (χ3v) is 7.20. The van der Waals surface area contributed by atoms with E-state index in [0.717, 1.165) is 15.8 Å². The van der Waals surface area contributed by atoms with Crippen molar-refractivity contribution in [3.05, 3.63) is 72.1 Å². The summed E-state index contributed by atoms with van der Waals surface area (Å²) >= 11 is 0. The van der Waals surface area contributed by atoms with Gasteiger partial charge < -0.3 is 24.3 Å². The van der Waals surface area contributed by atoms with Gasteiger partial charge >= 0.3 is 11.9 Å². The molecule has 1 atom stereocenters. The smallest absolute Gasteiger partial charge is 0.328 e. The van der Waals surface area contributed by atoms with E-state index < -0.39 is 35.7 Å². The molecule has 2 N–H and O–H groups in total. The molecule has 1 aliphatic rings. The molecule has 4 aromatic rings. The predicted molar refractivity (Wildman–Crippen MR) is 150 cm³/mol. The average Bonchev–Trinajstić information content (AvgIpc) is 3.63. The van der Waals surface area contributed by atoms with E-state index in [1.807, 2.05) is 36.4 Å². The first-order valence-electron chi connectivity index (χ1n) is 12.9. The van der Waals surface area contributed by atoms with Crippen molar-refractivity contribution in [1.82, 2.24) is 19.8 Å². The number of imide groups is 1. The SMILES string of the molecule is COC(=O)CC[C@@H](NC(=O)Cn1cc(C2=C(c3c[nH]c4ccccc34)C(=O)N(C)C2=O)c2ccccc21)C(=O)OC. The Hall–Kier alpha value is -5.19. The second kappa shape index (κ2) is 11.1. The first-order chi connectivity index (χ1) is 19.7. The Morgan fingerprint density at radius 3 is 2.27 bits per heavy atom. The Morgan fingerprint density at radius 2 is 1.56 bits per heavy atom. The normalized spacial score (nSPS) is 14.2. The highest BCUT2D eigenvalue weighted by molar-refractivity contribution is 6.50. The molecule has 210 valence electrons. The molecule has 0 aliphatic carbocycles. The number of rotatable bonds is 9. The van der Waals surface area contributed by atoms with E-state index in [1.54, 1.807) is 29.1 Å². The van der Waals surface area contributed by atoms with E-state index in [1.165, 1.54) is 21.3 Å². The number of fused-ring (bicyclic) bond motifs is 2. The second-order valence-electron chi connectivity index (χ2n) is 9.61. The Kier molecular flexibility index (Phi) is 7.43. The predicted octanol–water partition coefficient (Wildman–Crippen LogP) is 2.64. The van der Waals surface area contributed by atoms with Crippen molar-refractivity contribution in [2.45, 2.75) is 25.4 Å². The highest BCUT2D eigenvalue weighted by Crippen LogP contribution is 2.40. The Morgan fingerprint density at radius 1 is 0.902 bits per heavy atom. The first kappa shape index (κ1) is 27.4. The minimum atomic E-state index is -1.05. The lowest BCUT2D eigenvalue weighted by atomic mass is 9.95. The van der Waals surface area contributed by atoms with E-state index in [9.17, 15) is 24.0 Å². The number of amides is 3. The standard InChI is InChI=1S/C30H28N4O7/c1-33-28(37)26(19-14-31-21-10-6-4-8-17(19)21)27(29(33)38)20-15-34(23-11-7-5-9-18(20)23)16-24(35)32-22(30(39)41-3)12-13-25(36)40-2/h4-11,14-15,22,31H,12-13,16H2,1-3H3,(H,32,35)/t22-/m1/s1. The van der Waals surface area contributed by atoms with Gasteiger partial charge in [-0.25, -0.2) is 4.79 Å². The van der Waals surface area contributed by atoms with Crippen LogP contribution in [0.1, 0.15) is 24.0 Å². The topological polar surface area (TPSA) is 140 Å². The number of para-hydroxylation sites is 2. The van der Waals surface area contributed by atoms with E-state index in [0.29, 0.717) is 22.0 Å². The van der Waals surface area contributed by atoms with Crippen LogP contribution in [-0.4, -0.2) is 71.4 Å². The van der Waals surface area contributed by atoms with E-state index in [4.69, 9.17) is 4.74 Å². The molecule has 3 amide bonds. The zero-order valence-corrected chi connectivity index (χ0v) is 22.7. The molecule has 11 heteroatoms. The maximum Gasteiger partial charge on any atom is 0.328 e. The van der Waals surface area contributed by atoms with Gasteiger partial charge in [-0.3, -0.25) is 24.1 Å². The fraction of sp³-hybridized carbons (Fsp3) is 0.233. The first-order valence-corrected chi connectivity index (χ1v) is 12.9. The zero-order chi connectivity index (χ0) is 29.3. The van der Waals surface area contributed by atoms with Gasteiger partial charge in [-0.1, -0.05) is 36.4 Å². The van der Waals surface area contributed by atoms with Crippen molar-refractivity contribution in [2.24, 2.45) is 0 Å². The van der Waals surface area contributed by atoms with Gasteiger partial charge in [0, 0.05) is 58.8 Å². The van der Waals surface area contributed by atoms with E-state index in [2.05, 4.69) is 15.0 Å². The average molecular weight is 557 g/mol. The molecular weight excluding hydrogens is 528 g/mol. The van der Waals surface area contributed by atoms with E-state index >= 15 is 0 Å². The maximum absolute atomic E-state index is 13.5. The monoisotopic (exact) mass is 556 g/mol. The molecule has 41 heavy (non-hydrogen) atoms. The molecule has 11 nitrogen and oxygen atoms in total. The number of esters is 2. The van der Waals surface area contributed by atoms with Gasteiger partial charge in [0.05, 0.1) is 25.4 Å². The van der Waals surface area contributed by atoms with Gasteiger partial charge in [-0.15, -0.1) is 0 Å². The van der Waals surface area contributed by atoms with Gasteiger partial charge in [-0.2, -0.15) is 0 Å². The summed E-state index contributed by atoms with van der Waals surface area (Å²) in [5.74, 6) is -2.58. The van der Waals surface area contributed by atoms with Crippen LogP contribution in [0.15, 0.2) is 60.9 Å². The number of H-pyrrole nitrogens is 1. The molecule has 0 bridgehead atoms. The van der Waals surface area contributed by atoms with Gasteiger partial charge in [0.15, 0.2) is 0 Å². The summed E-state index contributed by atoms with van der Waals surface area (Å²) in [5.41, 5.74) is 3.11. The Labute approximate surface area is 234 Å². The third-order valence-electron chi connectivity index (χ3n) is 7.20. The molecule has 0 unspecified atom stereocenters. The minimum Gasteiger partial charge on any atom is -0.469 e. The number of hydrogen-bond acceptors (Lipinski definition) is 7. The van der Waals surface area contributed by atoms with Crippen LogP contribution in [0.25, 0.3) is 33.0 Å². The second-order valence-corrected chi connectivity index (χ2v) is 9.61. The molecule has 2 aromatic heterocycles. The summed E-state index contributed by atoms with van der Waals surface area (Å²) in [5, 5.41) is 4.11. The fourth-order valence-electron chi connectivity index (χ4n) is 5.15. The molecule has 1 aliphatic heterocycles. The van der Waals surface area contributed by atoms with Gasteiger partial charge in [-0.05, 0) is 18.6 Å². The molecular formula is C30H28N4O7. The third kappa shape index (κ3) is 4.97. The summed E-state index contributed by atoms with van der Waals surface area (Å²) in [6, 6.07) is 13.7. The van der Waals surface area contributed by atoms with Crippen LogP contribution in [0.5, 0.6) is 0 Å². The fourth-order valence-corrected chi connectivity index (χ4v) is 5.15.